The fourth-order valence-corrected chi connectivity index (χ4v) is 1.58. The van der Waals surface area contributed by atoms with E-state index in [9.17, 15) is 0 Å². The standard InChI is InChI=1S/C12H16N4O2/c1-8(13)5-10-11(4-3-9(2)15-10)17-6-12-14-7-18-16-12/h3-4,7-8H,5-6,13H2,1-2H3. The maximum absolute atomic E-state index is 5.80. The van der Waals surface area contributed by atoms with Crippen LogP contribution in [0.15, 0.2) is 23.0 Å². The lowest BCUT2D eigenvalue weighted by atomic mass is 10.1. The third kappa shape index (κ3) is 3.27. The molecule has 96 valence electrons. The second kappa shape index (κ2) is 5.59. The van der Waals surface area contributed by atoms with Crippen molar-refractivity contribution < 1.29 is 9.26 Å². The quantitative estimate of drug-likeness (QED) is 0.856. The fraction of sp³-hybridized carbons (Fsp3) is 0.417. The van der Waals surface area contributed by atoms with Crippen LogP contribution in [0.4, 0.5) is 0 Å². The summed E-state index contributed by atoms with van der Waals surface area (Å²) >= 11 is 0. The van der Waals surface area contributed by atoms with Crippen molar-refractivity contribution in [1.29, 1.82) is 0 Å². The molecule has 0 aliphatic rings. The molecule has 6 nitrogen and oxygen atoms in total. The lowest BCUT2D eigenvalue weighted by Gasteiger charge is -2.11. The third-order valence-electron chi connectivity index (χ3n) is 2.35. The molecule has 0 fully saturated rings. The van der Waals surface area contributed by atoms with Gasteiger partial charge in [0, 0.05) is 18.2 Å². The van der Waals surface area contributed by atoms with Crippen LogP contribution in [0, 0.1) is 6.92 Å². The van der Waals surface area contributed by atoms with Gasteiger partial charge in [-0.15, -0.1) is 0 Å². The minimum atomic E-state index is 0.0341. The molecule has 2 aromatic rings. The maximum Gasteiger partial charge on any atom is 0.213 e. The Hall–Kier alpha value is -1.95. The molecular formula is C12H16N4O2. The third-order valence-corrected chi connectivity index (χ3v) is 2.35. The Labute approximate surface area is 105 Å². The van der Waals surface area contributed by atoms with Gasteiger partial charge in [-0.3, -0.25) is 4.98 Å². The van der Waals surface area contributed by atoms with Crippen LogP contribution in [0.25, 0.3) is 0 Å². The Balaban J connectivity index is 2.10. The van der Waals surface area contributed by atoms with E-state index >= 15 is 0 Å². The summed E-state index contributed by atoms with van der Waals surface area (Å²) in [5.41, 5.74) is 7.60. The van der Waals surface area contributed by atoms with E-state index < -0.39 is 0 Å². The molecule has 0 saturated heterocycles. The Morgan fingerprint density at radius 1 is 1.44 bits per heavy atom. The monoisotopic (exact) mass is 248 g/mol. The summed E-state index contributed by atoms with van der Waals surface area (Å²) in [6.07, 6.45) is 1.94. The molecule has 0 spiro atoms. The van der Waals surface area contributed by atoms with Crippen molar-refractivity contribution in [2.45, 2.75) is 32.9 Å². The van der Waals surface area contributed by atoms with Crippen LogP contribution in [0.2, 0.25) is 0 Å². The van der Waals surface area contributed by atoms with E-state index in [2.05, 4.69) is 19.6 Å². The van der Waals surface area contributed by atoms with E-state index in [0.717, 1.165) is 11.4 Å². The highest BCUT2D eigenvalue weighted by molar-refractivity contribution is 5.30. The molecule has 0 saturated carbocycles. The predicted octanol–water partition coefficient (Wildman–Crippen LogP) is 1.24. The van der Waals surface area contributed by atoms with Crippen molar-refractivity contribution in [3.8, 4) is 5.75 Å². The average molecular weight is 248 g/mol. The van der Waals surface area contributed by atoms with Crippen LogP contribution in [-0.4, -0.2) is 21.2 Å². The van der Waals surface area contributed by atoms with Crippen LogP contribution >= 0.6 is 0 Å². The Morgan fingerprint density at radius 2 is 2.28 bits per heavy atom. The zero-order valence-electron chi connectivity index (χ0n) is 10.5. The summed E-state index contributed by atoms with van der Waals surface area (Å²) in [4.78, 5) is 8.34. The van der Waals surface area contributed by atoms with E-state index in [0.29, 0.717) is 18.0 Å². The summed E-state index contributed by atoms with van der Waals surface area (Å²) in [6.45, 7) is 4.13. The highest BCUT2D eigenvalue weighted by Gasteiger charge is 2.09. The van der Waals surface area contributed by atoms with Crippen molar-refractivity contribution in [2.75, 3.05) is 0 Å². The molecule has 1 unspecified atom stereocenters. The van der Waals surface area contributed by atoms with Gasteiger partial charge in [0.2, 0.25) is 12.2 Å². The molecule has 2 N–H and O–H groups in total. The molecule has 0 aromatic carbocycles. The van der Waals surface area contributed by atoms with Gasteiger partial charge in [0.15, 0.2) is 6.61 Å². The van der Waals surface area contributed by atoms with Crippen molar-refractivity contribution in [3.05, 3.63) is 35.7 Å². The minimum Gasteiger partial charge on any atom is -0.484 e. The van der Waals surface area contributed by atoms with Crippen molar-refractivity contribution in [3.63, 3.8) is 0 Å². The highest BCUT2D eigenvalue weighted by Crippen LogP contribution is 2.19. The van der Waals surface area contributed by atoms with Crippen molar-refractivity contribution in [2.24, 2.45) is 5.73 Å². The van der Waals surface area contributed by atoms with Gasteiger partial charge in [-0.2, -0.15) is 4.98 Å². The Kier molecular flexibility index (Phi) is 3.88. The van der Waals surface area contributed by atoms with Gasteiger partial charge in [-0.05, 0) is 26.0 Å². The molecule has 18 heavy (non-hydrogen) atoms. The molecular weight excluding hydrogens is 232 g/mol. The lowest BCUT2D eigenvalue weighted by Crippen LogP contribution is -2.19. The highest BCUT2D eigenvalue weighted by atomic mass is 16.5. The van der Waals surface area contributed by atoms with Crippen LogP contribution in [0.5, 0.6) is 5.75 Å². The minimum absolute atomic E-state index is 0.0341. The van der Waals surface area contributed by atoms with Gasteiger partial charge in [0.05, 0.1) is 5.69 Å². The molecule has 2 aromatic heterocycles. The summed E-state index contributed by atoms with van der Waals surface area (Å²) < 4.78 is 10.3. The summed E-state index contributed by atoms with van der Waals surface area (Å²) in [5.74, 6) is 1.21. The zero-order chi connectivity index (χ0) is 13.0. The number of aromatic nitrogens is 3. The second-order valence-corrected chi connectivity index (χ2v) is 4.21. The van der Waals surface area contributed by atoms with Gasteiger partial charge >= 0.3 is 0 Å². The van der Waals surface area contributed by atoms with E-state index in [1.54, 1.807) is 0 Å². The van der Waals surface area contributed by atoms with E-state index in [1.807, 2.05) is 26.0 Å². The van der Waals surface area contributed by atoms with Crippen LogP contribution in [0.1, 0.15) is 24.1 Å². The molecule has 0 aliphatic heterocycles. The first-order valence-electron chi connectivity index (χ1n) is 5.75. The number of hydrogen-bond donors (Lipinski definition) is 1. The van der Waals surface area contributed by atoms with Gasteiger partial charge < -0.3 is 15.0 Å². The molecule has 2 rings (SSSR count). The van der Waals surface area contributed by atoms with E-state index in [-0.39, 0.29) is 12.6 Å². The van der Waals surface area contributed by atoms with Crippen LogP contribution in [0.3, 0.4) is 0 Å². The number of ether oxygens (including phenoxy) is 1. The first-order valence-corrected chi connectivity index (χ1v) is 5.75. The first-order chi connectivity index (χ1) is 8.65. The number of nitrogens with zero attached hydrogens (tertiary/aromatic N) is 3. The molecule has 6 heteroatoms. The Morgan fingerprint density at radius 3 is 2.94 bits per heavy atom. The van der Waals surface area contributed by atoms with Gasteiger partial charge in [-0.1, -0.05) is 5.16 Å². The fourth-order valence-electron chi connectivity index (χ4n) is 1.58. The average Bonchev–Trinajstić information content (AvgIpc) is 2.80. The van der Waals surface area contributed by atoms with Crippen LogP contribution < -0.4 is 10.5 Å². The topological polar surface area (TPSA) is 87.1 Å². The normalized spacial score (nSPS) is 12.4. The largest absolute Gasteiger partial charge is 0.484 e. The van der Waals surface area contributed by atoms with Gasteiger partial charge in [-0.25, -0.2) is 0 Å². The number of rotatable bonds is 5. The molecule has 0 radical (unpaired) electrons. The summed E-state index contributed by atoms with van der Waals surface area (Å²) in [5, 5.41) is 3.68. The zero-order valence-corrected chi connectivity index (χ0v) is 10.5. The molecule has 0 bridgehead atoms. The molecule has 2 heterocycles. The molecule has 1 atom stereocenters. The summed E-state index contributed by atoms with van der Waals surface area (Å²) in [7, 11) is 0. The Bertz CT molecular complexity index is 497. The van der Waals surface area contributed by atoms with Crippen molar-refractivity contribution >= 4 is 0 Å². The smallest absolute Gasteiger partial charge is 0.213 e. The van der Waals surface area contributed by atoms with Gasteiger partial charge in [0.25, 0.3) is 0 Å². The maximum atomic E-state index is 5.80. The van der Waals surface area contributed by atoms with Crippen LogP contribution in [-0.2, 0) is 13.0 Å². The molecule has 0 aliphatic carbocycles. The van der Waals surface area contributed by atoms with E-state index in [1.165, 1.54) is 6.39 Å². The first kappa shape index (κ1) is 12.5. The van der Waals surface area contributed by atoms with Gasteiger partial charge in [0.1, 0.15) is 5.75 Å². The number of pyridine rings is 1. The van der Waals surface area contributed by atoms with E-state index in [4.69, 9.17) is 10.5 Å². The number of hydrogen-bond acceptors (Lipinski definition) is 6. The number of nitrogens with two attached hydrogens (primary N) is 1. The summed E-state index contributed by atoms with van der Waals surface area (Å²) in [6, 6.07) is 3.82. The number of aryl methyl sites for hydroxylation is 1. The molecule has 0 amide bonds. The second-order valence-electron chi connectivity index (χ2n) is 4.21. The SMILES string of the molecule is Cc1ccc(OCc2ncon2)c(CC(C)N)n1. The van der Waals surface area contributed by atoms with Crippen molar-refractivity contribution in [1.82, 2.24) is 15.1 Å². The predicted molar refractivity (Wildman–Crippen MR) is 65.0 cm³/mol. The lowest BCUT2D eigenvalue weighted by molar-refractivity contribution is 0.282.